The first-order valence-electron chi connectivity index (χ1n) is 4.37. The van der Waals surface area contributed by atoms with Crippen LogP contribution < -0.4 is 0 Å². The van der Waals surface area contributed by atoms with E-state index in [1.807, 2.05) is 0 Å². The van der Waals surface area contributed by atoms with Crippen molar-refractivity contribution in [2.75, 3.05) is 5.75 Å². The third-order valence-corrected chi connectivity index (χ3v) is 4.22. The Morgan fingerprint density at radius 1 is 1.50 bits per heavy atom. The maximum Gasteiger partial charge on any atom is 0.0106 e. The highest BCUT2D eigenvalue weighted by molar-refractivity contribution is 8.01. The lowest BCUT2D eigenvalue weighted by atomic mass is 9.93. The molecule has 0 aliphatic carbocycles. The quantitative estimate of drug-likeness (QED) is 0.608. The molecule has 1 fully saturated rings. The monoisotopic (exact) mass is 158 g/mol. The first-order chi connectivity index (χ1) is 4.75. The molecule has 1 aliphatic heterocycles. The van der Waals surface area contributed by atoms with E-state index in [0.717, 1.165) is 17.1 Å². The average Bonchev–Trinajstić information content (AvgIpc) is 1.78. The van der Waals surface area contributed by atoms with Crippen LogP contribution in [0.25, 0.3) is 0 Å². The Labute approximate surface area is 68.8 Å². The predicted octanol–water partition coefficient (Wildman–Crippen LogP) is 3.17. The van der Waals surface area contributed by atoms with Crippen LogP contribution in [0.5, 0.6) is 0 Å². The molecule has 0 aromatic heterocycles. The maximum absolute atomic E-state index is 2.35. The van der Waals surface area contributed by atoms with E-state index in [1.165, 1.54) is 18.6 Å². The number of thioether (sulfide) groups is 1. The van der Waals surface area contributed by atoms with Crippen molar-refractivity contribution in [3.63, 3.8) is 0 Å². The summed E-state index contributed by atoms with van der Waals surface area (Å²) in [6.45, 7) is 6.99. The van der Waals surface area contributed by atoms with Crippen molar-refractivity contribution in [2.24, 2.45) is 11.8 Å². The van der Waals surface area contributed by atoms with Gasteiger partial charge in [-0.15, -0.1) is 0 Å². The first kappa shape index (κ1) is 8.45. The van der Waals surface area contributed by atoms with E-state index in [-0.39, 0.29) is 0 Å². The van der Waals surface area contributed by atoms with Crippen molar-refractivity contribution in [3.05, 3.63) is 0 Å². The van der Waals surface area contributed by atoms with Gasteiger partial charge in [0, 0.05) is 5.25 Å². The van der Waals surface area contributed by atoms with Gasteiger partial charge in [-0.1, -0.05) is 27.2 Å². The van der Waals surface area contributed by atoms with Crippen molar-refractivity contribution in [1.82, 2.24) is 0 Å². The second-order valence-electron chi connectivity index (χ2n) is 3.59. The van der Waals surface area contributed by atoms with E-state index < -0.39 is 0 Å². The summed E-state index contributed by atoms with van der Waals surface area (Å²) in [6, 6.07) is 0. The molecule has 0 radical (unpaired) electrons. The highest BCUT2D eigenvalue weighted by atomic mass is 32.2. The highest BCUT2D eigenvalue weighted by Gasteiger charge is 2.32. The van der Waals surface area contributed by atoms with Crippen molar-refractivity contribution >= 4 is 11.8 Å². The van der Waals surface area contributed by atoms with Crippen LogP contribution in [-0.4, -0.2) is 11.0 Å². The molecule has 0 aromatic rings. The molecule has 0 saturated carbocycles. The van der Waals surface area contributed by atoms with E-state index >= 15 is 0 Å². The standard InChI is InChI=1S/C9H18S/c1-4-5-8-6-10-9(8)7(2)3/h7-9H,4-6H2,1-3H3. The summed E-state index contributed by atoms with van der Waals surface area (Å²) in [6.07, 6.45) is 2.82. The van der Waals surface area contributed by atoms with Crippen LogP contribution in [0, 0.1) is 11.8 Å². The lowest BCUT2D eigenvalue weighted by Crippen LogP contribution is -2.34. The second kappa shape index (κ2) is 3.66. The summed E-state index contributed by atoms with van der Waals surface area (Å²) in [4.78, 5) is 0. The molecule has 1 saturated heterocycles. The molecule has 10 heavy (non-hydrogen) atoms. The zero-order chi connectivity index (χ0) is 7.56. The summed E-state index contributed by atoms with van der Waals surface area (Å²) in [5.41, 5.74) is 0. The van der Waals surface area contributed by atoms with Gasteiger partial charge in [-0.2, -0.15) is 11.8 Å². The summed E-state index contributed by atoms with van der Waals surface area (Å²) < 4.78 is 0. The Bertz CT molecular complexity index is 98.9. The van der Waals surface area contributed by atoms with Crippen molar-refractivity contribution in [1.29, 1.82) is 0 Å². The summed E-state index contributed by atoms with van der Waals surface area (Å²) in [7, 11) is 0. The molecule has 0 nitrogen and oxygen atoms in total. The largest absolute Gasteiger partial charge is 0.158 e. The lowest BCUT2D eigenvalue weighted by molar-refractivity contribution is 0.405. The molecule has 0 aromatic carbocycles. The molecule has 60 valence electrons. The molecular weight excluding hydrogens is 140 g/mol. The van der Waals surface area contributed by atoms with E-state index in [4.69, 9.17) is 0 Å². The highest BCUT2D eigenvalue weighted by Crippen LogP contribution is 2.41. The van der Waals surface area contributed by atoms with Gasteiger partial charge < -0.3 is 0 Å². The molecule has 1 heteroatoms. The van der Waals surface area contributed by atoms with E-state index in [1.54, 1.807) is 0 Å². The number of hydrogen-bond donors (Lipinski definition) is 0. The fraction of sp³-hybridized carbons (Fsp3) is 1.00. The molecule has 1 aliphatic rings. The smallest absolute Gasteiger partial charge is 0.0106 e. The second-order valence-corrected chi connectivity index (χ2v) is 4.80. The molecule has 0 bridgehead atoms. The Kier molecular flexibility index (Phi) is 3.09. The lowest BCUT2D eigenvalue weighted by Gasteiger charge is -2.38. The van der Waals surface area contributed by atoms with Crippen molar-refractivity contribution < 1.29 is 0 Å². The van der Waals surface area contributed by atoms with Crippen LogP contribution in [0.3, 0.4) is 0 Å². The van der Waals surface area contributed by atoms with Gasteiger partial charge in [-0.05, 0) is 24.0 Å². The minimum atomic E-state index is 0.898. The fourth-order valence-electron chi connectivity index (χ4n) is 1.70. The van der Waals surface area contributed by atoms with E-state index in [0.29, 0.717) is 0 Å². The normalized spacial score (nSPS) is 32.4. The van der Waals surface area contributed by atoms with Gasteiger partial charge in [-0.25, -0.2) is 0 Å². The zero-order valence-corrected chi connectivity index (χ0v) is 8.08. The number of rotatable bonds is 3. The van der Waals surface area contributed by atoms with Crippen molar-refractivity contribution in [3.8, 4) is 0 Å². The molecule has 0 amide bonds. The van der Waals surface area contributed by atoms with Crippen LogP contribution in [-0.2, 0) is 0 Å². The SMILES string of the molecule is CCCC1CSC1C(C)C. The third kappa shape index (κ3) is 1.69. The average molecular weight is 158 g/mol. The molecule has 0 N–H and O–H groups in total. The third-order valence-electron chi connectivity index (χ3n) is 2.28. The molecular formula is C9H18S. The first-order valence-corrected chi connectivity index (χ1v) is 5.42. The molecule has 1 heterocycles. The Morgan fingerprint density at radius 3 is 2.50 bits per heavy atom. The molecule has 1 rings (SSSR count). The van der Waals surface area contributed by atoms with Gasteiger partial charge in [0.1, 0.15) is 0 Å². The minimum Gasteiger partial charge on any atom is -0.158 e. The molecule has 2 unspecified atom stereocenters. The summed E-state index contributed by atoms with van der Waals surface area (Å²) in [5.74, 6) is 3.38. The van der Waals surface area contributed by atoms with Crippen LogP contribution in [0.1, 0.15) is 33.6 Å². The van der Waals surface area contributed by atoms with Crippen LogP contribution in [0.2, 0.25) is 0 Å². The molecule has 0 spiro atoms. The van der Waals surface area contributed by atoms with Gasteiger partial charge in [0.15, 0.2) is 0 Å². The van der Waals surface area contributed by atoms with Gasteiger partial charge in [0.25, 0.3) is 0 Å². The summed E-state index contributed by atoms with van der Waals surface area (Å²) in [5, 5.41) is 0.986. The predicted molar refractivity (Wildman–Crippen MR) is 49.5 cm³/mol. The van der Waals surface area contributed by atoms with Gasteiger partial charge in [0.05, 0.1) is 0 Å². The van der Waals surface area contributed by atoms with Gasteiger partial charge in [-0.3, -0.25) is 0 Å². The van der Waals surface area contributed by atoms with Crippen LogP contribution >= 0.6 is 11.8 Å². The minimum absolute atomic E-state index is 0.898. The van der Waals surface area contributed by atoms with Gasteiger partial charge >= 0.3 is 0 Å². The summed E-state index contributed by atoms with van der Waals surface area (Å²) >= 11 is 2.16. The maximum atomic E-state index is 2.35. The van der Waals surface area contributed by atoms with E-state index in [9.17, 15) is 0 Å². The van der Waals surface area contributed by atoms with Crippen LogP contribution in [0.15, 0.2) is 0 Å². The Hall–Kier alpha value is 0.350. The molecule has 2 atom stereocenters. The Morgan fingerprint density at radius 2 is 2.20 bits per heavy atom. The van der Waals surface area contributed by atoms with Crippen molar-refractivity contribution in [2.45, 2.75) is 38.9 Å². The van der Waals surface area contributed by atoms with Gasteiger partial charge in [0.2, 0.25) is 0 Å². The zero-order valence-electron chi connectivity index (χ0n) is 7.26. The van der Waals surface area contributed by atoms with E-state index in [2.05, 4.69) is 32.5 Å². The Balaban J connectivity index is 2.22. The fourth-order valence-corrected chi connectivity index (χ4v) is 3.07. The number of hydrogen-bond acceptors (Lipinski definition) is 1. The van der Waals surface area contributed by atoms with Crippen LogP contribution in [0.4, 0.5) is 0 Å². The topological polar surface area (TPSA) is 0 Å².